The van der Waals surface area contributed by atoms with E-state index in [0.717, 1.165) is 34.7 Å². The molecular weight excluding hydrogens is 614 g/mol. The molecule has 3 aromatic rings. The van der Waals surface area contributed by atoms with Crippen LogP contribution in [0.2, 0.25) is 0 Å². The Kier molecular flexibility index (Phi) is 12.6. The summed E-state index contributed by atoms with van der Waals surface area (Å²) in [5, 5.41) is 12.1. The predicted molar refractivity (Wildman–Crippen MR) is 179 cm³/mol. The highest BCUT2D eigenvalue weighted by Crippen LogP contribution is 2.33. The van der Waals surface area contributed by atoms with Crippen molar-refractivity contribution in [2.24, 2.45) is 17.6 Å². The fraction of sp³-hybridized carbons (Fsp3) is 0.389. The number of benzene rings is 3. The number of nitrogens with one attached hydrogen (secondary N) is 4. The van der Waals surface area contributed by atoms with E-state index in [4.69, 9.17) is 10.5 Å². The molecular formula is C36H43N5O7. The SMILES string of the molecule is CC[C@H](C)C(NC(=O)[C@H](CC1CC1)NC(=O)OCc1ccccc1)C(=O)C(=O)NCC(=O)N[C@@H](Cc1ccc2ccccc2c1)C(N)=O. The van der Waals surface area contributed by atoms with Crippen LogP contribution in [0.3, 0.4) is 0 Å². The molecule has 0 heterocycles. The fourth-order valence-corrected chi connectivity index (χ4v) is 5.24. The first-order valence-corrected chi connectivity index (χ1v) is 16.2. The summed E-state index contributed by atoms with van der Waals surface area (Å²) < 4.78 is 5.29. The highest BCUT2D eigenvalue weighted by atomic mass is 16.5. The van der Waals surface area contributed by atoms with E-state index >= 15 is 0 Å². The third-order valence-corrected chi connectivity index (χ3v) is 8.45. The monoisotopic (exact) mass is 657 g/mol. The summed E-state index contributed by atoms with van der Waals surface area (Å²) >= 11 is 0. The van der Waals surface area contributed by atoms with Crippen LogP contribution >= 0.6 is 0 Å². The van der Waals surface area contributed by atoms with Gasteiger partial charge in [-0.3, -0.25) is 24.0 Å². The third kappa shape index (κ3) is 10.6. The molecule has 254 valence electrons. The number of ketones is 1. The summed E-state index contributed by atoms with van der Waals surface area (Å²) in [5.41, 5.74) is 7.11. The van der Waals surface area contributed by atoms with E-state index in [1.807, 2.05) is 67.6 Å². The number of Topliss-reactive ketones (excluding diaryl/α,β-unsaturated/α-hetero) is 1. The molecule has 6 N–H and O–H groups in total. The van der Waals surface area contributed by atoms with Crippen LogP contribution < -0.4 is 27.0 Å². The van der Waals surface area contributed by atoms with Crippen molar-refractivity contribution in [3.63, 3.8) is 0 Å². The fourth-order valence-electron chi connectivity index (χ4n) is 5.24. The van der Waals surface area contributed by atoms with Crippen LogP contribution in [0, 0.1) is 11.8 Å². The van der Waals surface area contributed by atoms with Gasteiger partial charge in [0.2, 0.25) is 23.5 Å². The highest BCUT2D eigenvalue weighted by molar-refractivity contribution is 6.38. The molecule has 12 nitrogen and oxygen atoms in total. The molecule has 1 saturated carbocycles. The van der Waals surface area contributed by atoms with Gasteiger partial charge in [0.15, 0.2) is 0 Å². The van der Waals surface area contributed by atoms with Crippen LogP contribution in [-0.4, -0.2) is 60.2 Å². The number of primary amides is 1. The summed E-state index contributed by atoms with van der Waals surface area (Å²) in [5.74, 6) is -4.28. The number of hydrogen-bond donors (Lipinski definition) is 5. The smallest absolute Gasteiger partial charge is 0.408 e. The van der Waals surface area contributed by atoms with Gasteiger partial charge >= 0.3 is 6.09 Å². The minimum atomic E-state index is -1.21. The zero-order valence-corrected chi connectivity index (χ0v) is 27.2. The second-order valence-corrected chi connectivity index (χ2v) is 12.3. The second-order valence-electron chi connectivity index (χ2n) is 12.3. The Morgan fingerprint density at radius 3 is 2.19 bits per heavy atom. The molecule has 0 spiro atoms. The van der Waals surface area contributed by atoms with Crippen LogP contribution in [0.4, 0.5) is 4.79 Å². The standard InChI is InChI=1S/C36H43N5O7/c1-3-22(2)31(41-34(45)29(18-23-13-14-23)40-36(47)48-21-24-9-5-4-6-10-24)32(43)35(46)38-20-30(42)39-28(33(37)44)19-25-15-16-26-11-7-8-12-27(26)17-25/h4-12,15-17,22-23,28-29,31H,3,13-14,18-21H2,1-2H3,(H2,37,44)(H,38,46)(H,39,42)(H,40,47)(H,41,45)/t22-,28-,29-,31?/m0/s1. The lowest BCUT2D eigenvalue weighted by Gasteiger charge is -2.26. The highest BCUT2D eigenvalue weighted by Gasteiger charge is 2.36. The number of hydrogen-bond acceptors (Lipinski definition) is 7. The average molecular weight is 658 g/mol. The maximum atomic E-state index is 13.4. The normalized spacial score (nSPS) is 14.9. The van der Waals surface area contributed by atoms with Crippen molar-refractivity contribution in [1.82, 2.24) is 21.3 Å². The first-order valence-electron chi connectivity index (χ1n) is 16.2. The van der Waals surface area contributed by atoms with Crippen LogP contribution in [0.15, 0.2) is 72.8 Å². The Morgan fingerprint density at radius 1 is 0.833 bits per heavy atom. The van der Waals surface area contributed by atoms with E-state index in [1.54, 1.807) is 19.1 Å². The average Bonchev–Trinajstić information content (AvgIpc) is 3.91. The van der Waals surface area contributed by atoms with Crippen LogP contribution in [0.1, 0.15) is 50.7 Å². The molecule has 0 aliphatic heterocycles. The number of carbonyl (C=O) groups excluding carboxylic acids is 6. The van der Waals surface area contributed by atoms with E-state index < -0.39 is 66.1 Å². The van der Waals surface area contributed by atoms with Gasteiger partial charge in [0.25, 0.3) is 5.91 Å². The zero-order chi connectivity index (χ0) is 34.6. The summed E-state index contributed by atoms with van der Waals surface area (Å²) in [7, 11) is 0. The Labute approximate surface area is 279 Å². The number of fused-ring (bicyclic) bond motifs is 1. The van der Waals surface area contributed by atoms with Gasteiger partial charge in [-0.25, -0.2) is 4.79 Å². The molecule has 1 fully saturated rings. The van der Waals surface area contributed by atoms with Gasteiger partial charge in [-0.1, -0.05) is 106 Å². The molecule has 48 heavy (non-hydrogen) atoms. The molecule has 12 heteroatoms. The molecule has 1 unspecified atom stereocenters. The largest absolute Gasteiger partial charge is 0.445 e. The molecule has 4 atom stereocenters. The molecule has 5 amide bonds. The molecule has 1 aliphatic rings. The number of rotatable bonds is 17. The molecule has 0 saturated heterocycles. The number of ether oxygens (including phenoxy) is 1. The lowest BCUT2D eigenvalue weighted by molar-refractivity contribution is -0.141. The van der Waals surface area contributed by atoms with Gasteiger partial charge in [-0.2, -0.15) is 0 Å². The summed E-state index contributed by atoms with van der Waals surface area (Å²) in [6.07, 6.45) is 2.02. The number of amides is 5. The summed E-state index contributed by atoms with van der Waals surface area (Å²) in [6.45, 7) is 2.95. The van der Waals surface area contributed by atoms with Crippen LogP contribution in [0.5, 0.6) is 0 Å². The van der Waals surface area contributed by atoms with Gasteiger partial charge in [0.1, 0.15) is 18.7 Å². The van der Waals surface area contributed by atoms with E-state index in [0.29, 0.717) is 12.8 Å². The number of nitrogens with two attached hydrogens (primary N) is 1. The third-order valence-electron chi connectivity index (χ3n) is 8.45. The van der Waals surface area contributed by atoms with Gasteiger partial charge in [0.05, 0.1) is 12.6 Å². The van der Waals surface area contributed by atoms with Crippen molar-refractivity contribution in [1.29, 1.82) is 0 Å². The van der Waals surface area contributed by atoms with Crippen molar-refractivity contribution in [2.75, 3.05) is 6.54 Å². The van der Waals surface area contributed by atoms with Crippen molar-refractivity contribution in [3.05, 3.63) is 83.9 Å². The van der Waals surface area contributed by atoms with Gasteiger partial charge in [-0.05, 0) is 40.2 Å². The van der Waals surface area contributed by atoms with Crippen molar-refractivity contribution in [2.45, 2.75) is 70.7 Å². The first kappa shape index (κ1) is 35.6. The number of alkyl carbamates (subject to hydrolysis) is 1. The topological polar surface area (TPSA) is 186 Å². The Hall–Kier alpha value is -5.26. The van der Waals surface area contributed by atoms with E-state index in [2.05, 4.69) is 21.3 Å². The molecule has 0 radical (unpaired) electrons. The van der Waals surface area contributed by atoms with Crippen LogP contribution in [-0.2, 0) is 41.7 Å². The lowest BCUT2D eigenvalue weighted by Crippen LogP contribution is -2.56. The second kappa shape index (κ2) is 17.1. The van der Waals surface area contributed by atoms with Crippen molar-refractivity contribution in [3.8, 4) is 0 Å². The zero-order valence-electron chi connectivity index (χ0n) is 27.2. The molecule has 3 aromatic carbocycles. The Balaban J connectivity index is 1.32. The Bertz CT molecular complexity index is 1630. The molecule has 1 aliphatic carbocycles. The van der Waals surface area contributed by atoms with Gasteiger partial charge in [0, 0.05) is 6.42 Å². The first-order chi connectivity index (χ1) is 23.0. The summed E-state index contributed by atoms with van der Waals surface area (Å²) in [6, 6.07) is 19.2. The number of carbonyl (C=O) groups is 6. The summed E-state index contributed by atoms with van der Waals surface area (Å²) in [4.78, 5) is 76.9. The van der Waals surface area contributed by atoms with E-state index in [1.165, 1.54) is 0 Å². The predicted octanol–water partition coefficient (Wildman–Crippen LogP) is 2.66. The molecule has 4 rings (SSSR count). The lowest BCUT2D eigenvalue weighted by atomic mass is 9.94. The van der Waals surface area contributed by atoms with Crippen molar-refractivity contribution >= 4 is 46.3 Å². The minimum Gasteiger partial charge on any atom is -0.445 e. The van der Waals surface area contributed by atoms with Crippen LogP contribution in [0.25, 0.3) is 10.8 Å². The Morgan fingerprint density at radius 2 is 1.52 bits per heavy atom. The maximum Gasteiger partial charge on any atom is 0.408 e. The minimum absolute atomic E-state index is 0.0236. The molecule has 0 bridgehead atoms. The van der Waals surface area contributed by atoms with Crippen molar-refractivity contribution < 1.29 is 33.5 Å². The van der Waals surface area contributed by atoms with Gasteiger partial charge < -0.3 is 31.7 Å². The van der Waals surface area contributed by atoms with E-state index in [-0.39, 0.29) is 18.9 Å². The maximum absolute atomic E-state index is 13.4. The van der Waals surface area contributed by atoms with Gasteiger partial charge in [-0.15, -0.1) is 0 Å². The molecule has 0 aromatic heterocycles. The quantitative estimate of drug-likeness (QED) is 0.138. The van der Waals surface area contributed by atoms with E-state index in [9.17, 15) is 28.8 Å².